The summed E-state index contributed by atoms with van der Waals surface area (Å²) in [5.74, 6) is 0.0772. The molecule has 194 valence electrons. The van der Waals surface area contributed by atoms with Crippen LogP contribution >= 0.6 is 0 Å². The van der Waals surface area contributed by atoms with Crippen molar-refractivity contribution in [3.05, 3.63) is 107 Å². The molecule has 4 atom stereocenters. The molecule has 5 heteroatoms. The van der Waals surface area contributed by atoms with Crippen LogP contribution in [0.25, 0.3) is 5.57 Å². The highest BCUT2D eigenvalue weighted by Crippen LogP contribution is 2.69. The minimum absolute atomic E-state index is 0.0145. The first-order chi connectivity index (χ1) is 18.4. The minimum Gasteiger partial charge on any atom is -0.496 e. The fourth-order valence-electron chi connectivity index (χ4n) is 8.02. The van der Waals surface area contributed by atoms with Crippen LogP contribution in [-0.4, -0.2) is 44.1 Å². The van der Waals surface area contributed by atoms with Gasteiger partial charge in [0.2, 0.25) is 0 Å². The highest BCUT2D eigenvalue weighted by atomic mass is 16.5. The minimum atomic E-state index is -0.833. The first-order valence-corrected chi connectivity index (χ1v) is 13.3. The molecule has 3 aliphatic carbocycles. The molecule has 0 spiro atoms. The van der Waals surface area contributed by atoms with Gasteiger partial charge in [-0.3, -0.25) is 9.59 Å². The van der Waals surface area contributed by atoms with Crippen LogP contribution in [0.1, 0.15) is 46.6 Å². The molecular weight excluding hydrogens is 474 g/mol. The molecule has 38 heavy (non-hydrogen) atoms. The molecule has 5 nitrogen and oxygen atoms in total. The Balaban J connectivity index is 1.52. The molecule has 2 bridgehead atoms. The number of nitrogens with zero attached hydrogens (tertiary/aromatic N) is 1. The van der Waals surface area contributed by atoms with Gasteiger partial charge in [-0.2, -0.15) is 0 Å². The monoisotopic (exact) mass is 507 g/mol. The smallest absolute Gasteiger partial charge is 0.314 e. The molecule has 1 saturated heterocycles. The Labute approximate surface area is 224 Å². The zero-order chi connectivity index (χ0) is 26.7. The molecule has 0 radical (unpaired) electrons. The fraction of sp³-hybridized carbons (Fsp3) is 0.333. The van der Waals surface area contributed by atoms with Crippen molar-refractivity contribution in [3.8, 4) is 5.75 Å². The van der Waals surface area contributed by atoms with Crippen molar-refractivity contribution in [2.24, 2.45) is 11.3 Å². The maximum Gasteiger partial charge on any atom is 0.314 e. The number of aryl methyl sites for hydroxylation is 1. The Bertz CT molecular complexity index is 1460. The summed E-state index contributed by atoms with van der Waals surface area (Å²) in [5.41, 5.74) is 4.74. The molecule has 1 amide bonds. The lowest BCUT2D eigenvalue weighted by Gasteiger charge is -2.59. The van der Waals surface area contributed by atoms with Gasteiger partial charge >= 0.3 is 5.97 Å². The third kappa shape index (κ3) is 3.11. The largest absolute Gasteiger partial charge is 0.496 e. The van der Waals surface area contributed by atoms with Crippen LogP contribution in [0.4, 0.5) is 0 Å². The molecular formula is C33H33NO4. The molecule has 7 rings (SSSR count). The molecule has 0 aromatic heterocycles. The number of esters is 1. The Morgan fingerprint density at radius 1 is 0.947 bits per heavy atom. The van der Waals surface area contributed by atoms with E-state index in [4.69, 9.17) is 9.47 Å². The molecule has 0 N–H and O–H groups in total. The van der Waals surface area contributed by atoms with Gasteiger partial charge < -0.3 is 14.4 Å². The molecule has 4 unspecified atom stereocenters. The normalized spacial score (nSPS) is 26.9. The highest BCUT2D eigenvalue weighted by molar-refractivity contribution is 6.19. The number of ether oxygens (including phenoxy) is 2. The number of benzene rings is 3. The predicted molar refractivity (Wildman–Crippen MR) is 147 cm³/mol. The maximum absolute atomic E-state index is 14.0. The van der Waals surface area contributed by atoms with Gasteiger partial charge in [0.25, 0.3) is 5.91 Å². The second-order valence-corrected chi connectivity index (χ2v) is 10.9. The van der Waals surface area contributed by atoms with E-state index in [-0.39, 0.29) is 23.7 Å². The van der Waals surface area contributed by atoms with Gasteiger partial charge in [0.05, 0.1) is 19.6 Å². The summed E-state index contributed by atoms with van der Waals surface area (Å²) < 4.78 is 11.1. The predicted octanol–water partition coefficient (Wildman–Crippen LogP) is 5.51. The van der Waals surface area contributed by atoms with Gasteiger partial charge in [-0.1, -0.05) is 73.3 Å². The summed E-state index contributed by atoms with van der Waals surface area (Å²) >= 11 is 0. The van der Waals surface area contributed by atoms with E-state index in [0.29, 0.717) is 30.0 Å². The quantitative estimate of drug-likeness (QED) is 0.338. The summed E-state index contributed by atoms with van der Waals surface area (Å²) in [5, 5.41) is 0. The Morgan fingerprint density at radius 2 is 1.63 bits per heavy atom. The number of rotatable bonds is 5. The molecule has 1 saturated carbocycles. The van der Waals surface area contributed by atoms with Gasteiger partial charge in [0.15, 0.2) is 0 Å². The first kappa shape index (κ1) is 24.5. The molecule has 2 fully saturated rings. The second kappa shape index (κ2) is 8.87. The van der Waals surface area contributed by atoms with E-state index in [0.717, 1.165) is 12.8 Å². The zero-order valence-corrected chi connectivity index (χ0v) is 22.2. The maximum atomic E-state index is 14.0. The van der Waals surface area contributed by atoms with E-state index in [1.807, 2.05) is 29.2 Å². The standard InChI is InChI=1S/C33H33NO4/c1-21-11-5-8-14-25(21)32-18-17-27(24-13-6-9-15-26(24)32)33(31(36)38-4)20-34(19-29(32)33)30(35)22(2)23-12-7-10-16-28(23)37-3/h5-16,27,29H,2,17-20H2,1,3-4H3. The van der Waals surface area contributed by atoms with Gasteiger partial charge in [-0.25, -0.2) is 0 Å². The molecule has 1 aliphatic heterocycles. The number of fused-ring (bicyclic) bond motifs is 1. The number of likely N-dealkylation sites (tertiary alicyclic amines) is 1. The van der Waals surface area contributed by atoms with Crippen LogP contribution in [0.15, 0.2) is 79.4 Å². The van der Waals surface area contributed by atoms with Gasteiger partial charge in [0, 0.05) is 41.5 Å². The van der Waals surface area contributed by atoms with E-state index in [1.165, 1.54) is 29.4 Å². The lowest BCUT2D eigenvalue weighted by molar-refractivity contribution is -0.161. The van der Waals surface area contributed by atoms with Crippen molar-refractivity contribution in [2.75, 3.05) is 27.3 Å². The molecule has 3 aromatic carbocycles. The van der Waals surface area contributed by atoms with Crippen molar-refractivity contribution < 1.29 is 19.1 Å². The highest BCUT2D eigenvalue weighted by Gasteiger charge is 2.71. The van der Waals surface area contributed by atoms with Crippen LogP contribution in [0.2, 0.25) is 0 Å². The van der Waals surface area contributed by atoms with Gasteiger partial charge in [-0.05, 0) is 48.1 Å². The zero-order valence-electron chi connectivity index (χ0n) is 22.2. The number of carbonyl (C=O) groups is 2. The summed E-state index contributed by atoms with van der Waals surface area (Å²) in [4.78, 5) is 29.8. The Morgan fingerprint density at radius 3 is 2.37 bits per heavy atom. The van der Waals surface area contributed by atoms with Crippen LogP contribution in [-0.2, 0) is 19.7 Å². The van der Waals surface area contributed by atoms with Crippen molar-refractivity contribution in [1.82, 2.24) is 4.90 Å². The Hall–Kier alpha value is -3.86. The average molecular weight is 508 g/mol. The van der Waals surface area contributed by atoms with Gasteiger partial charge in [-0.15, -0.1) is 0 Å². The lowest BCUT2D eigenvalue weighted by atomic mass is 9.42. The molecule has 1 heterocycles. The Kier molecular flexibility index (Phi) is 5.71. The SMILES string of the molecule is C=C(C(=O)N1CC2C3(c4ccccc4C)CCC(c4ccccc43)C2(C(=O)OC)C1)c1ccccc1OC. The fourth-order valence-corrected chi connectivity index (χ4v) is 8.02. The van der Waals surface area contributed by atoms with E-state index in [1.54, 1.807) is 7.11 Å². The van der Waals surface area contributed by atoms with E-state index < -0.39 is 10.8 Å². The topological polar surface area (TPSA) is 55.8 Å². The number of para-hydroxylation sites is 1. The van der Waals surface area contributed by atoms with E-state index in [9.17, 15) is 9.59 Å². The molecule has 3 aromatic rings. The number of hydrogen-bond acceptors (Lipinski definition) is 4. The average Bonchev–Trinajstić information content (AvgIpc) is 3.40. The summed E-state index contributed by atoms with van der Waals surface area (Å²) in [6.07, 6.45) is 1.80. The number of amides is 1. The van der Waals surface area contributed by atoms with Crippen molar-refractivity contribution in [1.29, 1.82) is 0 Å². The number of methoxy groups -OCH3 is 2. The van der Waals surface area contributed by atoms with E-state index in [2.05, 4.69) is 62.0 Å². The van der Waals surface area contributed by atoms with Gasteiger partial charge in [0.1, 0.15) is 5.75 Å². The van der Waals surface area contributed by atoms with Crippen LogP contribution < -0.4 is 4.74 Å². The third-order valence-electron chi connectivity index (χ3n) is 9.51. The lowest BCUT2D eigenvalue weighted by Crippen LogP contribution is -2.60. The summed E-state index contributed by atoms with van der Waals surface area (Å²) in [6.45, 7) is 7.10. The second-order valence-electron chi connectivity index (χ2n) is 10.9. The van der Waals surface area contributed by atoms with Crippen molar-refractivity contribution >= 4 is 17.4 Å². The van der Waals surface area contributed by atoms with Crippen molar-refractivity contribution in [3.63, 3.8) is 0 Å². The first-order valence-electron chi connectivity index (χ1n) is 13.3. The van der Waals surface area contributed by atoms with Crippen molar-refractivity contribution in [2.45, 2.75) is 31.1 Å². The molecule has 4 aliphatic rings. The summed E-state index contributed by atoms with van der Waals surface area (Å²) in [7, 11) is 3.06. The summed E-state index contributed by atoms with van der Waals surface area (Å²) in [6, 6.07) is 24.5. The third-order valence-corrected chi connectivity index (χ3v) is 9.51. The van der Waals surface area contributed by atoms with E-state index >= 15 is 0 Å². The van der Waals surface area contributed by atoms with Crippen LogP contribution in [0, 0.1) is 18.3 Å². The number of hydrogen-bond donors (Lipinski definition) is 0. The van der Waals surface area contributed by atoms with Crippen LogP contribution in [0.3, 0.4) is 0 Å². The number of carbonyl (C=O) groups excluding carboxylic acids is 2. The van der Waals surface area contributed by atoms with Crippen LogP contribution in [0.5, 0.6) is 5.75 Å².